The second-order valence-corrected chi connectivity index (χ2v) is 11.2. The number of hydrogen-bond donors (Lipinski definition) is 3. The number of esters is 1. The topological polar surface area (TPSA) is 188 Å². The lowest BCUT2D eigenvalue weighted by atomic mass is 10.0. The van der Waals surface area contributed by atoms with Crippen molar-refractivity contribution in [2.24, 2.45) is 0 Å². The summed E-state index contributed by atoms with van der Waals surface area (Å²) < 4.78 is 26.7. The molecule has 0 aliphatic carbocycles. The number of carbonyl (C=O) groups excluding carboxylic acids is 1. The van der Waals surface area contributed by atoms with E-state index in [1.807, 2.05) is 24.0 Å². The molecule has 1 heterocycles. The molecule has 1 aliphatic rings. The number of ether oxygens (including phenoxy) is 5. The third-order valence-corrected chi connectivity index (χ3v) is 7.69. The molecular formula is C32H52N4O12. The number of carboxylic acids is 3. The molecule has 48 heavy (non-hydrogen) atoms. The average molecular weight is 685 g/mol. The number of benzene rings is 1. The molecule has 1 aromatic carbocycles. The third-order valence-electron chi connectivity index (χ3n) is 7.69. The summed E-state index contributed by atoms with van der Waals surface area (Å²) in [5.74, 6) is -2.92. The quantitative estimate of drug-likeness (QED) is 0.113. The fraction of sp³-hybridized carbons (Fsp3) is 0.688. The van der Waals surface area contributed by atoms with Crippen LogP contribution in [0.5, 0.6) is 5.75 Å². The summed E-state index contributed by atoms with van der Waals surface area (Å²) in [6, 6.07) is 6.24. The van der Waals surface area contributed by atoms with Crippen LogP contribution in [0.1, 0.15) is 12.5 Å². The molecule has 1 saturated heterocycles. The largest absolute Gasteiger partial charge is 0.491 e. The van der Waals surface area contributed by atoms with Crippen LogP contribution in [0.2, 0.25) is 0 Å². The maximum Gasteiger partial charge on any atom is 0.321 e. The Morgan fingerprint density at radius 3 is 1.58 bits per heavy atom. The van der Waals surface area contributed by atoms with Gasteiger partial charge >= 0.3 is 23.9 Å². The minimum atomic E-state index is -1.03. The number of methoxy groups -OCH3 is 1. The Labute approximate surface area is 282 Å². The molecule has 0 unspecified atom stereocenters. The standard InChI is InChI=1S/C32H52N4O12/c1-3-45-16-17-46-18-19-47-20-21-48-27-6-4-26(5-7-27)22-28(32(42)43)36-14-12-34(24-30(39)40)9-8-33(23-29(37)38)10-11-35(13-15-36)25-31(41)44-2/h4-7,28H,3,8-25H2,1-2H3,(H,37,38)(H,39,40)(H,42,43)/t28-/m0/s1. The molecule has 0 aromatic heterocycles. The number of rotatable bonds is 21. The number of aliphatic carboxylic acids is 3. The van der Waals surface area contributed by atoms with Crippen molar-refractivity contribution in [3.05, 3.63) is 29.8 Å². The highest BCUT2D eigenvalue weighted by Crippen LogP contribution is 2.16. The Kier molecular flexibility index (Phi) is 20.3. The zero-order valence-corrected chi connectivity index (χ0v) is 28.1. The van der Waals surface area contributed by atoms with Crippen molar-refractivity contribution >= 4 is 23.9 Å². The Morgan fingerprint density at radius 1 is 0.667 bits per heavy atom. The van der Waals surface area contributed by atoms with Crippen molar-refractivity contribution in [1.29, 1.82) is 0 Å². The van der Waals surface area contributed by atoms with E-state index < -0.39 is 29.9 Å². The van der Waals surface area contributed by atoms with Crippen molar-refractivity contribution in [3.63, 3.8) is 0 Å². The lowest BCUT2D eigenvalue weighted by Gasteiger charge is -2.35. The zero-order valence-electron chi connectivity index (χ0n) is 28.1. The molecule has 0 saturated carbocycles. The van der Waals surface area contributed by atoms with Gasteiger partial charge in [0.1, 0.15) is 18.4 Å². The van der Waals surface area contributed by atoms with Crippen LogP contribution in [0.4, 0.5) is 0 Å². The Balaban J connectivity index is 2.06. The van der Waals surface area contributed by atoms with Crippen LogP contribution in [-0.2, 0) is 44.5 Å². The maximum absolute atomic E-state index is 12.6. The van der Waals surface area contributed by atoms with E-state index in [-0.39, 0.29) is 58.8 Å². The fourth-order valence-corrected chi connectivity index (χ4v) is 5.09. The molecule has 1 aliphatic heterocycles. The van der Waals surface area contributed by atoms with Gasteiger partial charge in [0.05, 0.1) is 59.8 Å². The molecular weight excluding hydrogens is 632 g/mol. The predicted molar refractivity (Wildman–Crippen MR) is 173 cm³/mol. The number of carboxylic acid groups (broad SMARTS) is 3. The van der Waals surface area contributed by atoms with Crippen LogP contribution in [0.3, 0.4) is 0 Å². The maximum atomic E-state index is 12.6. The summed E-state index contributed by atoms with van der Waals surface area (Å²) in [6.07, 6.45) is 0.185. The molecule has 16 nitrogen and oxygen atoms in total. The van der Waals surface area contributed by atoms with E-state index in [0.717, 1.165) is 5.56 Å². The van der Waals surface area contributed by atoms with E-state index >= 15 is 0 Å². The second-order valence-electron chi connectivity index (χ2n) is 11.2. The van der Waals surface area contributed by atoms with Gasteiger partial charge in [0.25, 0.3) is 0 Å². The summed E-state index contributed by atoms with van der Waals surface area (Å²) in [7, 11) is 1.28. The van der Waals surface area contributed by atoms with Crippen LogP contribution >= 0.6 is 0 Å². The van der Waals surface area contributed by atoms with E-state index in [4.69, 9.17) is 23.7 Å². The van der Waals surface area contributed by atoms with Crippen molar-refractivity contribution < 1.29 is 58.2 Å². The summed E-state index contributed by atoms with van der Waals surface area (Å²) in [5.41, 5.74) is 0.777. The van der Waals surface area contributed by atoms with Crippen molar-refractivity contribution in [1.82, 2.24) is 19.6 Å². The predicted octanol–water partition coefficient (Wildman–Crippen LogP) is -0.305. The van der Waals surface area contributed by atoms with Gasteiger partial charge in [0.15, 0.2) is 0 Å². The van der Waals surface area contributed by atoms with Gasteiger partial charge in [0, 0.05) is 59.0 Å². The second kappa shape index (κ2) is 23.9. The first-order valence-electron chi connectivity index (χ1n) is 16.2. The lowest BCUT2D eigenvalue weighted by molar-refractivity contribution is -0.145. The highest BCUT2D eigenvalue weighted by Gasteiger charge is 2.28. The normalized spacial score (nSPS) is 16.8. The minimum absolute atomic E-state index is 0.0388. The van der Waals surface area contributed by atoms with Crippen LogP contribution in [0, 0.1) is 0 Å². The summed E-state index contributed by atoms with van der Waals surface area (Å²) >= 11 is 0. The number of carbonyl (C=O) groups is 4. The fourth-order valence-electron chi connectivity index (χ4n) is 5.09. The average Bonchev–Trinajstić information content (AvgIpc) is 3.04. The number of nitrogens with zero attached hydrogens (tertiary/aromatic N) is 4. The van der Waals surface area contributed by atoms with Crippen LogP contribution < -0.4 is 4.74 Å². The first-order valence-corrected chi connectivity index (χ1v) is 16.2. The molecule has 1 fully saturated rings. The molecule has 1 atom stereocenters. The monoisotopic (exact) mass is 684 g/mol. The Morgan fingerprint density at radius 2 is 1.12 bits per heavy atom. The van der Waals surface area contributed by atoms with Gasteiger partial charge in [-0.3, -0.25) is 38.8 Å². The molecule has 2 rings (SSSR count). The van der Waals surface area contributed by atoms with Gasteiger partial charge < -0.3 is 39.0 Å². The molecule has 3 N–H and O–H groups in total. The molecule has 0 amide bonds. The molecule has 0 radical (unpaired) electrons. The summed E-state index contributed by atoms with van der Waals surface area (Å²) in [5, 5.41) is 29.2. The molecule has 1 aromatic rings. The van der Waals surface area contributed by atoms with E-state index in [0.29, 0.717) is 71.6 Å². The Bertz CT molecular complexity index is 1090. The van der Waals surface area contributed by atoms with E-state index in [1.165, 1.54) is 7.11 Å². The van der Waals surface area contributed by atoms with E-state index in [9.17, 15) is 34.5 Å². The summed E-state index contributed by atoms with van der Waals surface area (Å²) in [4.78, 5) is 54.8. The van der Waals surface area contributed by atoms with Gasteiger partial charge in [-0.25, -0.2) is 0 Å². The highest BCUT2D eigenvalue weighted by atomic mass is 16.6. The third kappa shape index (κ3) is 17.7. The minimum Gasteiger partial charge on any atom is -0.491 e. The van der Waals surface area contributed by atoms with Gasteiger partial charge in [-0.1, -0.05) is 12.1 Å². The molecule has 16 heteroatoms. The zero-order chi connectivity index (χ0) is 35.1. The smallest absolute Gasteiger partial charge is 0.321 e. The summed E-state index contributed by atoms with van der Waals surface area (Å²) in [6.45, 7) is 7.05. The van der Waals surface area contributed by atoms with Gasteiger partial charge in [-0.2, -0.15) is 0 Å². The van der Waals surface area contributed by atoms with Gasteiger partial charge in [0.2, 0.25) is 0 Å². The SMILES string of the molecule is CCOCCOCCOCCOc1ccc(C[C@@H](C(=O)O)N2CCN(CC(=O)O)CCN(CC(=O)O)CCN(CC(=O)OC)CC2)cc1. The van der Waals surface area contributed by atoms with Crippen molar-refractivity contribution in [3.8, 4) is 5.75 Å². The van der Waals surface area contributed by atoms with E-state index in [1.54, 1.807) is 26.8 Å². The van der Waals surface area contributed by atoms with Crippen LogP contribution in [0.15, 0.2) is 24.3 Å². The van der Waals surface area contributed by atoms with E-state index in [2.05, 4.69) is 0 Å². The van der Waals surface area contributed by atoms with Gasteiger partial charge in [-0.05, 0) is 31.0 Å². The van der Waals surface area contributed by atoms with Crippen LogP contribution in [-0.4, -0.2) is 190 Å². The Hall–Kier alpha value is -3.38. The molecule has 0 bridgehead atoms. The first kappa shape index (κ1) is 40.8. The molecule has 272 valence electrons. The highest BCUT2D eigenvalue weighted by molar-refractivity contribution is 5.74. The van der Waals surface area contributed by atoms with Crippen molar-refractivity contribution in [2.45, 2.75) is 19.4 Å². The lowest BCUT2D eigenvalue weighted by Crippen LogP contribution is -2.52. The van der Waals surface area contributed by atoms with Crippen LogP contribution in [0.25, 0.3) is 0 Å². The first-order chi connectivity index (χ1) is 23.1. The van der Waals surface area contributed by atoms with Crippen molar-refractivity contribution in [2.75, 3.05) is 125 Å². The number of hydrogen-bond acceptors (Lipinski definition) is 13. The molecule has 0 spiro atoms. The van der Waals surface area contributed by atoms with Gasteiger partial charge in [-0.15, -0.1) is 0 Å².